The Hall–Kier alpha value is -2.24. The standard InChI is InChI=1S/C17H11ClFN3S/c18-13-7-12(19)6-5-11(13)9-22-15-4-2-1-3-14(15)21-17(22)16-8-20-10-23-16/h1-8,10H,9H2. The minimum Gasteiger partial charge on any atom is -0.319 e. The summed E-state index contributed by atoms with van der Waals surface area (Å²) in [5.74, 6) is 0.506. The third kappa shape index (κ3) is 2.62. The van der Waals surface area contributed by atoms with Gasteiger partial charge in [-0.05, 0) is 29.8 Å². The van der Waals surface area contributed by atoms with Gasteiger partial charge in [-0.25, -0.2) is 9.37 Å². The fourth-order valence-corrected chi connectivity index (χ4v) is 3.42. The molecule has 0 fully saturated rings. The number of hydrogen-bond donors (Lipinski definition) is 0. The van der Waals surface area contributed by atoms with Crippen LogP contribution < -0.4 is 0 Å². The summed E-state index contributed by atoms with van der Waals surface area (Å²) in [7, 11) is 0. The number of aromatic nitrogens is 3. The predicted octanol–water partition coefficient (Wildman–Crippen LogP) is 5.00. The van der Waals surface area contributed by atoms with Crippen LogP contribution >= 0.6 is 22.9 Å². The molecule has 0 N–H and O–H groups in total. The van der Waals surface area contributed by atoms with Crippen LogP contribution in [0.3, 0.4) is 0 Å². The van der Waals surface area contributed by atoms with E-state index >= 15 is 0 Å². The van der Waals surface area contributed by atoms with Gasteiger partial charge in [0, 0.05) is 11.2 Å². The third-order valence-electron chi connectivity index (χ3n) is 3.65. The molecule has 0 saturated carbocycles. The molecule has 3 nitrogen and oxygen atoms in total. The van der Waals surface area contributed by atoms with Crippen molar-refractivity contribution in [2.75, 3.05) is 0 Å². The summed E-state index contributed by atoms with van der Waals surface area (Å²) in [6.07, 6.45) is 1.80. The Labute approximate surface area is 141 Å². The highest BCUT2D eigenvalue weighted by atomic mass is 35.5. The zero-order valence-corrected chi connectivity index (χ0v) is 13.5. The molecule has 0 aliphatic heterocycles. The number of thiazole rings is 1. The Morgan fingerprint density at radius 3 is 2.83 bits per heavy atom. The van der Waals surface area contributed by atoms with Crippen LogP contribution in [-0.2, 0) is 6.54 Å². The summed E-state index contributed by atoms with van der Waals surface area (Å²) in [4.78, 5) is 9.84. The first-order chi connectivity index (χ1) is 11.2. The average molecular weight is 344 g/mol. The van der Waals surface area contributed by atoms with Crippen LogP contribution in [-0.4, -0.2) is 14.5 Å². The zero-order chi connectivity index (χ0) is 15.8. The molecule has 0 radical (unpaired) electrons. The Bertz CT molecular complexity index is 979. The van der Waals surface area contributed by atoms with Crippen molar-refractivity contribution in [1.29, 1.82) is 0 Å². The second-order valence-electron chi connectivity index (χ2n) is 5.11. The van der Waals surface area contributed by atoms with Crippen LogP contribution in [0.25, 0.3) is 21.7 Å². The van der Waals surface area contributed by atoms with Crippen molar-refractivity contribution >= 4 is 34.0 Å². The average Bonchev–Trinajstić information content (AvgIpc) is 3.18. The van der Waals surface area contributed by atoms with Gasteiger partial charge < -0.3 is 4.57 Å². The third-order valence-corrected chi connectivity index (χ3v) is 4.77. The summed E-state index contributed by atoms with van der Waals surface area (Å²) in [6.45, 7) is 0.521. The van der Waals surface area contributed by atoms with Crippen LogP contribution in [0.2, 0.25) is 5.02 Å². The number of hydrogen-bond acceptors (Lipinski definition) is 3. The molecule has 114 valence electrons. The van der Waals surface area contributed by atoms with Crippen molar-refractivity contribution in [3.63, 3.8) is 0 Å². The number of nitrogens with zero attached hydrogens (tertiary/aromatic N) is 3. The fourth-order valence-electron chi connectivity index (χ4n) is 2.57. The van der Waals surface area contributed by atoms with Crippen molar-refractivity contribution < 1.29 is 4.39 Å². The Morgan fingerprint density at radius 1 is 1.17 bits per heavy atom. The molecule has 2 heterocycles. The highest BCUT2D eigenvalue weighted by molar-refractivity contribution is 7.13. The first-order valence-corrected chi connectivity index (χ1v) is 8.26. The molecule has 4 rings (SSSR count). The molecule has 0 atom stereocenters. The predicted molar refractivity (Wildman–Crippen MR) is 91.4 cm³/mol. The van der Waals surface area contributed by atoms with Crippen molar-refractivity contribution in [2.24, 2.45) is 0 Å². The van der Waals surface area contributed by atoms with E-state index in [0.29, 0.717) is 11.6 Å². The maximum Gasteiger partial charge on any atom is 0.153 e. The second-order valence-corrected chi connectivity index (χ2v) is 6.41. The van der Waals surface area contributed by atoms with Crippen LogP contribution in [0.4, 0.5) is 4.39 Å². The summed E-state index contributed by atoms with van der Waals surface area (Å²) in [6, 6.07) is 12.4. The van der Waals surface area contributed by atoms with Crippen LogP contribution in [0.5, 0.6) is 0 Å². The molecule has 2 aromatic heterocycles. The molecule has 23 heavy (non-hydrogen) atoms. The van der Waals surface area contributed by atoms with E-state index in [0.717, 1.165) is 27.3 Å². The number of fused-ring (bicyclic) bond motifs is 1. The Morgan fingerprint density at radius 2 is 2.04 bits per heavy atom. The molecule has 0 aliphatic carbocycles. The van der Waals surface area contributed by atoms with Gasteiger partial charge in [0.25, 0.3) is 0 Å². The van der Waals surface area contributed by atoms with Gasteiger partial charge in [-0.2, -0.15) is 0 Å². The van der Waals surface area contributed by atoms with Crippen LogP contribution in [0.1, 0.15) is 5.56 Å². The highest BCUT2D eigenvalue weighted by Crippen LogP contribution is 2.29. The van der Waals surface area contributed by atoms with E-state index in [1.54, 1.807) is 17.8 Å². The minimum absolute atomic E-state index is 0.336. The lowest BCUT2D eigenvalue weighted by Crippen LogP contribution is -2.02. The van der Waals surface area contributed by atoms with Crippen LogP contribution in [0, 0.1) is 5.82 Å². The lowest BCUT2D eigenvalue weighted by molar-refractivity contribution is 0.626. The Kier molecular flexibility index (Phi) is 3.59. The topological polar surface area (TPSA) is 30.7 Å². The molecule has 0 unspecified atom stereocenters. The van der Waals surface area contributed by atoms with Crippen LogP contribution in [0.15, 0.2) is 54.2 Å². The van der Waals surface area contributed by atoms with Gasteiger partial charge in [0.15, 0.2) is 5.82 Å². The van der Waals surface area contributed by atoms with Crippen molar-refractivity contribution in [1.82, 2.24) is 14.5 Å². The summed E-state index contributed by atoms with van der Waals surface area (Å²) in [5.41, 5.74) is 4.55. The molecule has 0 aliphatic rings. The minimum atomic E-state index is -0.336. The van der Waals surface area contributed by atoms with Gasteiger partial charge in [-0.3, -0.25) is 4.98 Å². The summed E-state index contributed by atoms with van der Waals surface area (Å²) in [5, 5.41) is 0.415. The number of benzene rings is 2. The van der Waals surface area contributed by atoms with Gasteiger partial charge in [-0.15, -0.1) is 11.3 Å². The van der Waals surface area contributed by atoms with E-state index < -0.39 is 0 Å². The van der Waals surface area contributed by atoms with E-state index in [4.69, 9.17) is 16.6 Å². The first kappa shape index (κ1) is 14.4. The molecule has 0 amide bonds. The maximum absolute atomic E-state index is 13.3. The SMILES string of the molecule is Fc1ccc(Cn2c(-c3cncs3)nc3ccccc32)c(Cl)c1. The molecule has 0 saturated heterocycles. The van der Waals surface area contributed by atoms with Gasteiger partial charge in [0.2, 0.25) is 0 Å². The monoisotopic (exact) mass is 343 g/mol. The second kappa shape index (κ2) is 5.76. The lowest BCUT2D eigenvalue weighted by Gasteiger charge is -2.10. The highest BCUT2D eigenvalue weighted by Gasteiger charge is 2.15. The maximum atomic E-state index is 13.3. The Balaban J connectivity index is 1.89. The normalized spacial score (nSPS) is 11.2. The fraction of sp³-hybridized carbons (Fsp3) is 0.0588. The number of imidazole rings is 1. The largest absolute Gasteiger partial charge is 0.319 e. The molecular formula is C17H11ClFN3S. The summed E-state index contributed by atoms with van der Waals surface area (Å²) < 4.78 is 15.4. The van der Waals surface area contributed by atoms with Crippen molar-refractivity contribution in [3.05, 3.63) is 70.6 Å². The van der Waals surface area contributed by atoms with E-state index in [1.807, 2.05) is 24.3 Å². The van der Waals surface area contributed by atoms with E-state index in [-0.39, 0.29) is 5.82 Å². The van der Waals surface area contributed by atoms with E-state index in [2.05, 4.69) is 9.55 Å². The first-order valence-electron chi connectivity index (χ1n) is 7.00. The molecule has 0 spiro atoms. The van der Waals surface area contributed by atoms with E-state index in [1.165, 1.54) is 23.5 Å². The smallest absolute Gasteiger partial charge is 0.153 e. The number of rotatable bonds is 3. The van der Waals surface area contributed by atoms with Gasteiger partial charge in [-0.1, -0.05) is 29.8 Å². The molecular weight excluding hydrogens is 333 g/mol. The molecule has 2 aromatic carbocycles. The molecule has 0 bridgehead atoms. The quantitative estimate of drug-likeness (QED) is 0.524. The molecule has 6 heteroatoms. The van der Waals surface area contributed by atoms with Gasteiger partial charge in [0.1, 0.15) is 5.82 Å². The van der Waals surface area contributed by atoms with Crippen molar-refractivity contribution in [3.8, 4) is 10.7 Å². The number of para-hydroxylation sites is 2. The van der Waals surface area contributed by atoms with Gasteiger partial charge in [0.05, 0.1) is 28.0 Å². The lowest BCUT2D eigenvalue weighted by atomic mass is 10.2. The molecule has 4 aromatic rings. The zero-order valence-electron chi connectivity index (χ0n) is 11.9. The number of halogens is 2. The van der Waals surface area contributed by atoms with Gasteiger partial charge >= 0.3 is 0 Å². The summed E-state index contributed by atoms with van der Waals surface area (Å²) >= 11 is 7.73. The van der Waals surface area contributed by atoms with Crippen molar-refractivity contribution in [2.45, 2.75) is 6.54 Å². The van der Waals surface area contributed by atoms with E-state index in [9.17, 15) is 4.39 Å².